The molecule has 4 nitrogen and oxygen atoms in total. The third kappa shape index (κ3) is 2.87. The van der Waals surface area contributed by atoms with E-state index in [1.165, 1.54) is 5.39 Å². The van der Waals surface area contributed by atoms with Crippen LogP contribution in [0, 0.1) is 0 Å². The van der Waals surface area contributed by atoms with Crippen LogP contribution in [0.4, 0.5) is 0 Å². The molecule has 0 fully saturated rings. The molecule has 4 heteroatoms. The Morgan fingerprint density at radius 2 is 1.52 bits per heavy atom. The first-order valence-electron chi connectivity index (χ1n) is 8.81. The van der Waals surface area contributed by atoms with Crippen molar-refractivity contribution in [1.82, 2.24) is 20.0 Å². The van der Waals surface area contributed by atoms with Crippen LogP contribution in [0.2, 0.25) is 0 Å². The predicted molar refractivity (Wildman–Crippen MR) is 108 cm³/mol. The fourth-order valence-corrected chi connectivity index (χ4v) is 3.28. The summed E-state index contributed by atoms with van der Waals surface area (Å²) < 4.78 is 1.80. The average Bonchev–Trinajstić information content (AvgIpc) is 3.24. The Labute approximate surface area is 156 Å². The Bertz CT molecular complexity index is 1220. The van der Waals surface area contributed by atoms with Gasteiger partial charge in [-0.15, -0.1) is 5.10 Å². The molecule has 0 atom stereocenters. The van der Waals surface area contributed by atoms with Gasteiger partial charge in [0, 0.05) is 22.7 Å². The minimum absolute atomic E-state index is 0.851. The Kier molecular flexibility index (Phi) is 3.72. The Balaban J connectivity index is 1.58. The lowest BCUT2D eigenvalue weighted by Crippen LogP contribution is -1.95. The van der Waals surface area contributed by atoms with Crippen molar-refractivity contribution in [2.24, 2.45) is 0 Å². The van der Waals surface area contributed by atoms with Crippen molar-refractivity contribution in [3.05, 3.63) is 97.3 Å². The van der Waals surface area contributed by atoms with Gasteiger partial charge in [-0.1, -0.05) is 71.9 Å². The summed E-state index contributed by atoms with van der Waals surface area (Å²) in [5.74, 6) is 0. The summed E-state index contributed by atoms with van der Waals surface area (Å²) in [7, 11) is 0. The predicted octanol–water partition coefficient (Wildman–Crippen LogP) is 5.15. The fraction of sp³-hybridized carbons (Fsp3) is 0. The number of aromatic nitrogens is 4. The second-order valence-corrected chi connectivity index (χ2v) is 6.35. The fourth-order valence-electron chi connectivity index (χ4n) is 3.28. The van der Waals surface area contributed by atoms with Crippen LogP contribution in [0.1, 0.15) is 0 Å². The van der Waals surface area contributed by atoms with Crippen LogP contribution < -0.4 is 0 Å². The van der Waals surface area contributed by atoms with Gasteiger partial charge >= 0.3 is 0 Å². The molecule has 5 aromatic rings. The van der Waals surface area contributed by atoms with E-state index in [1.807, 2.05) is 73.1 Å². The molecule has 0 N–H and O–H groups in total. The van der Waals surface area contributed by atoms with Crippen LogP contribution in [0.25, 0.3) is 39.0 Å². The third-order valence-corrected chi connectivity index (χ3v) is 4.62. The number of fused-ring (bicyclic) bond motifs is 1. The molecule has 0 bridgehead atoms. The Morgan fingerprint density at radius 3 is 2.44 bits per heavy atom. The van der Waals surface area contributed by atoms with Crippen LogP contribution in [-0.4, -0.2) is 20.0 Å². The zero-order valence-corrected chi connectivity index (χ0v) is 14.5. The van der Waals surface area contributed by atoms with Gasteiger partial charge in [0.1, 0.15) is 5.69 Å². The highest BCUT2D eigenvalue weighted by atomic mass is 15.4. The van der Waals surface area contributed by atoms with Crippen LogP contribution >= 0.6 is 0 Å². The normalized spacial score (nSPS) is 11.0. The van der Waals surface area contributed by atoms with Gasteiger partial charge in [-0.2, -0.15) is 0 Å². The van der Waals surface area contributed by atoms with E-state index in [-0.39, 0.29) is 0 Å². The Morgan fingerprint density at radius 1 is 0.704 bits per heavy atom. The van der Waals surface area contributed by atoms with Gasteiger partial charge in [0.25, 0.3) is 0 Å². The molecular formula is C23H16N4. The largest absolute Gasteiger partial charge is 0.256 e. The maximum atomic E-state index is 4.62. The number of nitrogens with zero attached hydrogens (tertiary/aromatic N) is 4. The zero-order chi connectivity index (χ0) is 18.1. The van der Waals surface area contributed by atoms with E-state index in [4.69, 9.17) is 0 Å². The van der Waals surface area contributed by atoms with Gasteiger partial charge in [0.2, 0.25) is 0 Å². The van der Waals surface area contributed by atoms with Gasteiger partial charge in [-0.25, -0.2) is 4.68 Å². The van der Waals surface area contributed by atoms with Crippen molar-refractivity contribution in [3.63, 3.8) is 0 Å². The molecule has 2 aromatic heterocycles. The van der Waals surface area contributed by atoms with Gasteiger partial charge in [-0.05, 0) is 23.6 Å². The molecule has 0 spiro atoms. The lowest BCUT2D eigenvalue weighted by atomic mass is 10.0. The molecule has 0 aliphatic heterocycles. The SMILES string of the molecule is c1ccc(-c2cn(-c3cccc(-c4nccc5ccccc45)c3)nn2)cc1. The molecule has 0 saturated heterocycles. The molecule has 0 saturated carbocycles. The summed E-state index contributed by atoms with van der Waals surface area (Å²) in [4.78, 5) is 4.62. The maximum absolute atomic E-state index is 4.62. The van der Waals surface area contributed by atoms with E-state index in [0.29, 0.717) is 0 Å². The van der Waals surface area contributed by atoms with Crippen molar-refractivity contribution in [3.8, 4) is 28.2 Å². The zero-order valence-electron chi connectivity index (χ0n) is 14.5. The molecule has 27 heavy (non-hydrogen) atoms. The van der Waals surface area contributed by atoms with Gasteiger partial charge in [0.05, 0.1) is 17.6 Å². The molecule has 5 rings (SSSR count). The van der Waals surface area contributed by atoms with Crippen molar-refractivity contribution in [2.75, 3.05) is 0 Å². The topological polar surface area (TPSA) is 43.6 Å². The number of hydrogen-bond donors (Lipinski definition) is 0. The first-order valence-corrected chi connectivity index (χ1v) is 8.81. The van der Waals surface area contributed by atoms with Gasteiger partial charge < -0.3 is 0 Å². The van der Waals surface area contributed by atoms with Crippen molar-refractivity contribution < 1.29 is 0 Å². The molecule has 0 unspecified atom stereocenters. The Hall–Kier alpha value is -3.79. The van der Waals surface area contributed by atoms with E-state index >= 15 is 0 Å². The van der Waals surface area contributed by atoms with Crippen LogP contribution in [0.15, 0.2) is 97.3 Å². The highest BCUT2D eigenvalue weighted by Crippen LogP contribution is 2.28. The number of pyridine rings is 1. The smallest absolute Gasteiger partial charge is 0.113 e. The third-order valence-electron chi connectivity index (χ3n) is 4.62. The van der Waals surface area contributed by atoms with Crippen LogP contribution in [-0.2, 0) is 0 Å². The summed E-state index contributed by atoms with van der Waals surface area (Å²) in [6, 6.07) is 28.6. The monoisotopic (exact) mass is 348 g/mol. The van der Waals surface area contributed by atoms with E-state index in [2.05, 4.69) is 39.6 Å². The summed E-state index contributed by atoms with van der Waals surface area (Å²) in [6.07, 6.45) is 3.80. The highest BCUT2D eigenvalue weighted by molar-refractivity contribution is 5.94. The van der Waals surface area contributed by atoms with Gasteiger partial charge in [0.15, 0.2) is 0 Å². The van der Waals surface area contributed by atoms with E-state index in [1.54, 1.807) is 4.68 Å². The molecule has 0 aliphatic carbocycles. The van der Waals surface area contributed by atoms with Crippen LogP contribution in [0.3, 0.4) is 0 Å². The molecule has 2 heterocycles. The number of benzene rings is 3. The lowest BCUT2D eigenvalue weighted by Gasteiger charge is -2.07. The summed E-state index contributed by atoms with van der Waals surface area (Å²) in [5.41, 5.74) is 4.89. The molecule has 128 valence electrons. The maximum Gasteiger partial charge on any atom is 0.113 e. The summed E-state index contributed by atoms with van der Waals surface area (Å²) >= 11 is 0. The van der Waals surface area contributed by atoms with Crippen molar-refractivity contribution >= 4 is 10.8 Å². The first kappa shape index (κ1) is 15.5. The molecular weight excluding hydrogens is 332 g/mol. The second-order valence-electron chi connectivity index (χ2n) is 6.35. The van der Waals surface area contributed by atoms with Crippen molar-refractivity contribution in [1.29, 1.82) is 0 Å². The van der Waals surface area contributed by atoms with E-state index in [9.17, 15) is 0 Å². The van der Waals surface area contributed by atoms with E-state index < -0.39 is 0 Å². The minimum Gasteiger partial charge on any atom is -0.256 e. The second kappa shape index (κ2) is 6.50. The lowest BCUT2D eigenvalue weighted by molar-refractivity contribution is 0.804. The molecule has 0 radical (unpaired) electrons. The highest BCUT2D eigenvalue weighted by Gasteiger charge is 2.09. The minimum atomic E-state index is 0.851. The average molecular weight is 348 g/mol. The first-order chi connectivity index (χ1) is 13.4. The van der Waals surface area contributed by atoms with E-state index in [0.717, 1.165) is 33.6 Å². The number of hydrogen-bond acceptors (Lipinski definition) is 3. The van der Waals surface area contributed by atoms with Crippen LogP contribution in [0.5, 0.6) is 0 Å². The standard InChI is InChI=1S/C23H16N4/c1-2-8-18(9-3-1)22-16-27(26-25-22)20-11-6-10-19(15-20)23-21-12-5-4-7-17(21)13-14-24-23/h1-16H. The summed E-state index contributed by atoms with van der Waals surface area (Å²) in [6.45, 7) is 0. The number of rotatable bonds is 3. The quantitative estimate of drug-likeness (QED) is 0.453. The van der Waals surface area contributed by atoms with Gasteiger partial charge in [-0.3, -0.25) is 4.98 Å². The molecule has 0 amide bonds. The molecule has 0 aliphatic rings. The summed E-state index contributed by atoms with van der Waals surface area (Å²) in [5, 5.41) is 10.9. The van der Waals surface area contributed by atoms with Crippen molar-refractivity contribution in [2.45, 2.75) is 0 Å². The molecule has 3 aromatic carbocycles.